The molecule has 1 unspecified atom stereocenters. The van der Waals surface area contributed by atoms with Crippen molar-refractivity contribution in [3.05, 3.63) is 71.2 Å². The van der Waals surface area contributed by atoms with Gasteiger partial charge < -0.3 is 14.3 Å². The fourth-order valence-electron chi connectivity index (χ4n) is 4.09. The maximum Gasteiger partial charge on any atom is 0.292 e. The fourth-order valence-corrected chi connectivity index (χ4v) is 4.51. The summed E-state index contributed by atoms with van der Waals surface area (Å²) in [7, 11) is 0. The molecule has 0 spiro atoms. The number of imidazole rings is 1. The van der Waals surface area contributed by atoms with Crippen LogP contribution in [0.2, 0.25) is 0 Å². The number of halogens is 1. The number of hydrogen-bond donors (Lipinski definition) is 1. The summed E-state index contributed by atoms with van der Waals surface area (Å²) < 4.78 is 7.96. The summed E-state index contributed by atoms with van der Waals surface area (Å²) in [5, 5.41) is 4.76. The molecule has 1 aliphatic rings. The second kappa shape index (κ2) is 7.72. The first kappa shape index (κ1) is 21.2. The van der Waals surface area contributed by atoms with Gasteiger partial charge in [0.1, 0.15) is 11.7 Å². The topological polar surface area (TPSA) is 92.3 Å². The van der Waals surface area contributed by atoms with Crippen LogP contribution < -0.4 is 0 Å². The van der Waals surface area contributed by atoms with Crippen molar-refractivity contribution in [2.45, 2.75) is 49.5 Å². The number of oxazole rings is 1. The van der Waals surface area contributed by atoms with Gasteiger partial charge in [-0.1, -0.05) is 49.4 Å². The third-order valence-corrected chi connectivity index (χ3v) is 6.31. The lowest BCUT2D eigenvalue weighted by molar-refractivity contribution is 0.0649. The van der Waals surface area contributed by atoms with Crippen LogP contribution in [-0.4, -0.2) is 41.9 Å². The first-order chi connectivity index (χ1) is 15.2. The number of nitrogens with one attached hydrogen (secondary N) is 1. The quantitative estimate of drug-likeness (QED) is 0.300. The Morgan fingerprint density at radius 1 is 1.34 bits per heavy atom. The summed E-state index contributed by atoms with van der Waals surface area (Å²) in [6.45, 7) is 8.65. The van der Waals surface area contributed by atoms with Crippen LogP contribution in [0.25, 0.3) is 5.52 Å². The summed E-state index contributed by atoms with van der Waals surface area (Å²) in [6.07, 6.45) is 4.29. The molecule has 1 N–H and O–H groups in total. The van der Waals surface area contributed by atoms with E-state index in [0.717, 1.165) is 22.6 Å². The highest BCUT2D eigenvalue weighted by Gasteiger charge is 2.39. The van der Waals surface area contributed by atoms with E-state index in [1.54, 1.807) is 6.33 Å². The van der Waals surface area contributed by atoms with Crippen molar-refractivity contribution in [2.24, 2.45) is 0 Å². The maximum absolute atomic E-state index is 13.9. The van der Waals surface area contributed by atoms with E-state index in [1.165, 1.54) is 0 Å². The number of aromatic amines is 1. The lowest BCUT2D eigenvalue weighted by Crippen LogP contribution is -2.41. The molecule has 32 heavy (non-hydrogen) atoms. The molecule has 0 saturated heterocycles. The first-order valence-electron chi connectivity index (χ1n) is 10.7. The monoisotopic (exact) mass is 544 g/mol. The number of carbonyl (C=O) groups is 1. The zero-order chi connectivity index (χ0) is 22.6. The second-order valence-corrected chi connectivity index (χ2v) is 11.0. The number of fused-ring (bicyclic) bond motifs is 2. The summed E-state index contributed by atoms with van der Waals surface area (Å²) in [6, 6.07) is 7.51. The smallest absolute Gasteiger partial charge is 0.292 e. The van der Waals surface area contributed by atoms with Crippen molar-refractivity contribution < 1.29 is 9.21 Å². The zero-order valence-electron chi connectivity index (χ0n) is 18.5. The Hall–Kier alpha value is -2.69. The van der Waals surface area contributed by atoms with E-state index in [0.29, 0.717) is 30.3 Å². The molecule has 0 radical (unpaired) electrons. The van der Waals surface area contributed by atoms with Gasteiger partial charge >= 0.3 is 0 Å². The molecule has 9 heteroatoms. The van der Waals surface area contributed by atoms with Crippen LogP contribution >= 0.6 is 22.6 Å². The predicted molar refractivity (Wildman–Crippen MR) is 128 cm³/mol. The van der Waals surface area contributed by atoms with Gasteiger partial charge in [-0.25, -0.2) is 14.5 Å². The van der Waals surface area contributed by atoms with Crippen molar-refractivity contribution in [3.8, 4) is 0 Å². The molecule has 166 valence electrons. The van der Waals surface area contributed by atoms with Gasteiger partial charge in [0, 0.05) is 30.3 Å². The van der Waals surface area contributed by atoms with E-state index in [1.807, 2.05) is 67.6 Å². The van der Waals surface area contributed by atoms with E-state index in [9.17, 15) is 4.79 Å². The molecule has 0 bridgehead atoms. The molecule has 8 nitrogen and oxygen atoms in total. The highest BCUT2D eigenvalue weighted by molar-refractivity contribution is 14.1. The third kappa shape index (κ3) is 3.52. The van der Waals surface area contributed by atoms with Crippen molar-refractivity contribution in [1.29, 1.82) is 0 Å². The Balaban J connectivity index is 1.62. The van der Waals surface area contributed by atoms with E-state index in [4.69, 9.17) is 14.5 Å². The number of carbonyl (C=O) groups excluding carboxylic acids is 1. The zero-order valence-corrected chi connectivity index (χ0v) is 20.6. The third-order valence-electron chi connectivity index (χ3n) is 5.72. The minimum atomic E-state index is -0.405. The van der Waals surface area contributed by atoms with E-state index >= 15 is 0 Å². The molecule has 1 amide bonds. The lowest BCUT2D eigenvalue weighted by atomic mass is 9.97. The Labute approximate surface area is 199 Å². The molecule has 5 heterocycles. The predicted octanol–water partition coefficient (Wildman–Crippen LogP) is 4.63. The molecule has 2 atom stereocenters. The standard InChI is InChI=1S/C23H25IN6O2/c1-13(24)17-20(32-22(27-17)23(2,3)4)21(31)29-10-8-15-18(26-12-25-15)19(29)16-11-14-7-5-6-9-30(14)28-16/h5-7,9,11-13,19H,8,10H2,1-4H3,(H,25,26)/t13?,19-/m1/s1. The van der Waals surface area contributed by atoms with Crippen LogP contribution in [0.15, 0.2) is 41.2 Å². The summed E-state index contributed by atoms with van der Waals surface area (Å²) in [5.74, 6) is 0.702. The molecule has 0 aromatic carbocycles. The normalized spacial score (nSPS) is 17.5. The van der Waals surface area contributed by atoms with Crippen LogP contribution in [0, 0.1) is 0 Å². The van der Waals surface area contributed by atoms with Gasteiger partial charge in [0.15, 0.2) is 0 Å². The number of aromatic nitrogens is 5. The van der Waals surface area contributed by atoms with E-state index in [-0.39, 0.29) is 15.2 Å². The van der Waals surface area contributed by atoms with Crippen LogP contribution in [0.1, 0.15) is 76.9 Å². The average Bonchev–Trinajstić information content (AvgIpc) is 3.49. The molecular formula is C23H25IN6O2. The Bertz CT molecular complexity index is 1260. The molecule has 1 aliphatic heterocycles. The number of pyridine rings is 1. The fraction of sp³-hybridized carbons (Fsp3) is 0.391. The Kier molecular flexibility index (Phi) is 5.11. The van der Waals surface area contributed by atoms with Crippen LogP contribution in [0.5, 0.6) is 0 Å². The maximum atomic E-state index is 13.9. The molecule has 0 saturated carbocycles. The lowest BCUT2D eigenvalue weighted by Gasteiger charge is -2.33. The molecule has 0 fully saturated rings. The number of hydrogen-bond acceptors (Lipinski definition) is 5. The molecular weight excluding hydrogens is 519 g/mol. The van der Waals surface area contributed by atoms with E-state index < -0.39 is 6.04 Å². The average molecular weight is 544 g/mol. The number of amides is 1. The largest absolute Gasteiger partial charge is 0.435 e. The van der Waals surface area contributed by atoms with Crippen LogP contribution in [0.4, 0.5) is 0 Å². The number of alkyl halides is 1. The van der Waals surface area contributed by atoms with Crippen LogP contribution in [0.3, 0.4) is 0 Å². The number of H-pyrrole nitrogens is 1. The van der Waals surface area contributed by atoms with Crippen molar-refractivity contribution in [1.82, 2.24) is 29.5 Å². The Morgan fingerprint density at radius 2 is 2.16 bits per heavy atom. The van der Waals surface area contributed by atoms with Gasteiger partial charge in [-0.05, 0) is 25.1 Å². The van der Waals surface area contributed by atoms with Crippen molar-refractivity contribution in [3.63, 3.8) is 0 Å². The summed E-state index contributed by atoms with van der Waals surface area (Å²) in [4.78, 5) is 28.2. The van der Waals surface area contributed by atoms with Crippen molar-refractivity contribution in [2.75, 3.05) is 6.54 Å². The van der Waals surface area contributed by atoms with Gasteiger partial charge in [-0.3, -0.25) is 4.79 Å². The molecule has 0 aliphatic carbocycles. The van der Waals surface area contributed by atoms with Gasteiger partial charge in [0.05, 0.1) is 27.2 Å². The minimum Gasteiger partial charge on any atom is -0.435 e. The van der Waals surface area contributed by atoms with Crippen molar-refractivity contribution >= 4 is 34.0 Å². The summed E-state index contributed by atoms with van der Waals surface area (Å²) >= 11 is 2.28. The minimum absolute atomic E-state index is 0.0331. The van der Waals surface area contributed by atoms with Crippen LogP contribution in [-0.2, 0) is 11.8 Å². The van der Waals surface area contributed by atoms with E-state index in [2.05, 4.69) is 32.6 Å². The number of rotatable bonds is 3. The molecule has 5 rings (SSSR count). The van der Waals surface area contributed by atoms with Gasteiger partial charge in [-0.2, -0.15) is 5.10 Å². The molecule has 4 aromatic rings. The second-order valence-electron chi connectivity index (χ2n) is 9.16. The first-order valence-corrected chi connectivity index (χ1v) is 11.9. The van der Waals surface area contributed by atoms with Gasteiger partial charge in [-0.15, -0.1) is 0 Å². The highest BCUT2D eigenvalue weighted by Crippen LogP contribution is 2.37. The molecule has 4 aromatic heterocycles. The van der Waals surface area contributed by atoms with Gasteiger partial charge in [0.2, 0.25) is 11.7 Å². The summed E-state index contributed by atoms with van der Waals surface area (Å²) in [5.41, 5.74) is 3.99. The SMILES string of the molecule is CC(I)c1nc(C(C)(C)C)oc1C(=O)N1CCc2[nH]cnc2[C@H]1c1cc2ccccn2n1. The highest BCUT2D eigenvalue weighted by atomic mass is 127. The van der Waals surface area contributed by atoms with Gasteiger partial charge in [0.25, 0.3) is 5.91 Å². The number of nitrogens with zero attached hydrogens (tertiary/aromatic N) is 5. The Morgan fingerprint density at radius 3 is 2.88 bits per heavy atom.